The lowest BCUT2D eigenvalue weighted by Crippen LogP contribution is -2.09. The van der Waals surface area contributed by atoms with Crippen LogP contribution in [0.4, 0.5) is 0 Å². The van der Waals surface area contributed by atoms with E-state index in [2.05, 4.69) is 146 Å². The molecule has 0 amide bonds. The number of hydrogen-bond acceptors (Lipinski definition) is 5. The molecule has 0 fully saturated rings. The summed E-state index contributed by atoms with van der Waals surface area (Å²) in [4.78, 5) is 15.6. The first-order valence-corrected chi connectivity index (χ1v) is 19.2. The van der Waals surface area contributed by atoms with Crippen LogP contribution in [-0.2, 0) is 0 Å². The fourth-order valence-corrected chi connectivity index (χ4v) is 9.95. The van der Waals surface area contributed by atoms with Gasteiger partial charge in [0.2, 0.25) is 0 Å². The molecule has 0 radical (unpaired) electrons. The molecule has 3 aliphatic rings. The Labute approximate surface area is 314 Å². The summed E-state index contributed by atoms with van der Waals surface area (Å²) in [6.07, 6.45) is 3.31. The Morgan fingerprint density at radius 1 is 0.500 bits per heavy atom. The molecule has 1 aliphatic carbocycles. The van der Waals surface area contributed by atoms with E-state index >= 15 is 0 Å². The second kappa shape index (κ2) is 11.4. The zero-order valence-corrected chi connectivity index (χ0v) is 29.8. The van der Waals surface area contributed by atoms with Crippen LogP contribution in [0.1, 0.15) is 34.6 Å². The van der Waals surface area contributed by atoms with E-state index in [1.165, 1.54) is 59.1 Å². The number of fused-ring (bicyclic) bond motifs is 4. The Hall–Kier alpha value is -6.69. The molecule has 5 heterocycles. The van der Waals surface area contributed by atoms with E-state index in [0.717, 1.165) is 45.0 Å². The van der Waals surface area contributed by atoms with Crippen molar-refractivity contribution < 1.29 is 4.42 Å². The van der Waals surface area contributed by atoms with Crippen molar-refractivity contribution >= 4 is 59.0 Å². The third kappa shape index (κ3) is 4.46. The van der Waals surface area contributed by atoms with Crippen molar-refractivity contribution in [2.24, 2.45) is 0 Å². The number of allylic oxidation sites excluding steroid dienone is 1. The minimum absolute atomic E-state index is 0.218. The van der Waals surface area contributed by atoms with Gasteiger partial charge in [-0.3, -0.25) is 0 Å². The Morgan fingerprint density at radius 2 is 1.22 bits per heavy atom. The topological polar surface area (TPSA) is 51.8 Å². The highest BCUT2D eigenvalue weighted by atomic mass is 32.1. The molecule has 2 aliphatic heterocycles. The van der Waals surface area contributed by atoms with Gasteiger partial charge in [0.1, 0.15) is 11.2 Å². The van der Waals surface area contributed by atoms with E-state index in [4.69, 9.17) is 19.4 Å². The molecule has 0 spiro atoms. The predicted octanol–water partition coefficient (Wildman–Crippen LogP) is 13.1. The molecule has 5 heteroatoms. The summed E-state index contributed by atoms with van der Waals surface area (Å²) in [6.45, 7) is 0. The summed E-state index contributed by atoms with van der Waals surface area (Å²) in [5, 5.41) is 4.66. The number of rotatable bonds is 2. The zero-order valence-electron chi connectivity index (χ0n) is 29.0. The average molecular weight is 708 g/mol. The monoisotopic (exact) mass is 707 g/mol. The molecule has 54 heavy (non-hydrogen) atoms. The van der Waals surface area contributed by atoms with Gasteiger partial charge in [-0.25, -0.2) is 15.0 Å². The third-order valence-corrected chi connectivity index (χ3v) is 12.5. The van der Waals surface area contributed by atoms with Gasteiger partial charge in [-0.2, -0.15) is 0 Å². The summed E-state index contributed by atoms with van der Waals surface area (Å²) < 4.78 is 9.08. The smallest absolute Gasteiger partial charge is 0.164 e. The standard InChI is InChI=1S/C49H29N3OS/c1-2-11-37-34-24-23-33(36(37)10-1)30-8-5-9-32(26-30)48-50-47(51-49(52-48)40-15-7-16-43-45(40)41-27-31(34)22-25-42(41)53-43)29-20-18-28(19-21-29)35-13-6-14-39-38-12-3-4-17-44(38)54-46(35)39/h1-22,24-27,33H,23H2. The minimum atomic E-state index is 0.218. The van der Waals surface area contributed by atoms with Gasteiger partial charge < -0.3 is 4.42 Å². The molecule has 0 saturated heterocycles. The Balaban J connectivity index is 1.08. The molecule has 252 valence electrons. The number of aromatic nitrogens is 3. The molecule has 8 bridgehead atoms. The second-order valence-corrected chi connectivity index (χ2v) is 15.3. The van der Waals surface area contributed by atoms with Crippen molar-refractivity contribution in [1.29, 1.82) is 0 Å². The summed E-state index contributed by atoms with van der Waals surface area (Å²) >= 11 is 1.85. The van der Waals surface area contributed by atoms with E-state index in [-0.39, 0.29) is 5.92 Å². The lowest BCUT2D eigenvalue weighted by molar-refractivity contribution is 0.669. The van der Waals surface area contributed by atoms with E-state index in [1.807, 2.05) is 23.5 Å². The molecule has 1 unspecified atom stereocenters. The highest BCUT2D eigenvalue weighted by molar-refractivity contribution is 7.26. The predicted molar refractivity (Wildman–Crippen MR) is 222 cm³/mol. The van der Waals surface area contributed by atoms with Crippen LogP contribution in [-0.4, -0.2) is 15.0 Å². The van der Waals surface area contributed by atoms with Crippen LogP contribution in [0.2, 0.25) is 0 Å². The Morgan fingerprint density at radius 3 is 2.17 bits per heavy atom. The maximum absolute atomic E-state index is 6.48. The second-order valence-electron chi connectivity index (χ2n) is 14.3. The molecule has 0 N–H and O–H groups in total. The number of thiophene rings is 1. The van der Waals surface area contributed by atoms with Crippen LogP contribution in [0.5, 0.6) is 0 Å². The van der Waals surface area contributed by atoms with Crippen LogP contribution in [0.15, 0.2) is 162 Å². The number of benzene rings is 7. The molecule has 3 aromatic heterocycles. The van der Waals surface area contributed by atoms with Crippen LogP contribution in [0.3, 0.4) is 0 Å². The van der Waals surface area contributed by atoms with Gasteiger partial charge in [-0.05, 0) is 75.7 Å². The molecular weight excluding hydrogens is 679 g/mol. The highest BCUT2D eigenvalue weighted by Crippen LogP contribution is 2.45. The van der Waals surface area contributed by atoms with Crippen molar-refractivity contribution in [1.82, 2.24) is 15.0 Å². The summed E-state index contributed by atoms with van der Waals surface area (Å²) in [6, 6.07) is 54.3. The maximum atomic E-state index is 6.48. The fourth-order valence-electron chi connectivity index (χ4n) is 8.71. The van der Waals surface area contributed by atoms with Gasteiger partial charge in [0.05, 0.1) is 0 Å². The maximum Gasteiger partial charge on any atom is 0.164 e. The SMILES string of the molecule is C1=C2c3ccc4oc5cccc(c5c4c3)-c3nc(-c4ccc(-c5cccc6c5sc5ccccc56)cc4)nc(n3)-c3cccc(c3)C(C1)c1ccccc12. The molecule has 0 saturated carbocycles. The van der Waals surface area contributed by atoms with Crippen LogP contribution >= 0.6 is 11.3 Å². The highest BCUT2D eigenvalue weighted by Gasteiger charge is 2.26. The van der Waals surface area contributed by atoms with E-state index < -0.39 is 0 Å². The number of furan rings is 1. The lowest BCUT2D eigenvalue weighted by atomic mass is 9.77. The number of hydrogen-bond donors (Lipinski definition) is 0. The summed E-state index contributed by atoms with van der Waals surface area (Å²) in [5.41, 5.74) is 13.2. The van der Waals surface area contributed by atoms with Crippen molar-refractivity contribution in [2.45, 2.75) is 12.3 Å². The quantitative estimate of drug-likeness (QED) is 0.179. The first kappa shape index (κ1) is 29.8. The van der Waals surface area contributed by atoms with Crippen molar-refractivity contribution in [3.8, 4) is 45.3 Å². The molecule has 7 aromatic carbocycles. The minimum Gasteiger partial charge on any atom is -0.456 e. The zero-order chi connectivity index (χ0) is 35.3. The van der Waals surface area contributed by atoms with E-state index in [9.17, 15) is 0 Å². The first-order chi connectivity index (χ1) is 26.7. The van der Waals surface area contributed by atoms with Gasteiger partial charge >= 0.3 is 0 Å². The average Bonchev–Trinajstić information content (AvgIpc) is 3.81. The molecule has 13 rings (SSSR count). The van der Waals surface area contributed by atoms with Gasteiger partial charge in [0.25, 0.3) is 0 Å². The Kier molecular flexibility index (Phi) is 6.30. The summed E-state index contributed by atoms with van der Waals surface area (Å²) in [5.74, 6) is 2.13. The van der Waals surface area contributed by atoms with Gasteiger partial charge in [-0.15, -0.1) is 11.3 Å². The van der Waals surface area contributed by atoms with Crippen molar-refractivity contribution in [3.63, 3.8) is 0 Å². The fraction of sp³-hybridized carbons (Fsp3) is 0.0408. The van der Waals surface area contributed by atoms with Gasteiger partial charge in [0, 0.05) is 53.6 Å². The van der Waals surface area contributed by atoms with Crippen LogP contribution in [0, 0.1) is 0 Å². The van der Waals surface area contributed by atoms with Crippen LogP contribution < -0.4 is 0 Å². The molecule has 4 nitrogen and oxygen atoms in total. The Bertz CT molecular complexity index is 3210. The largest absolute Gasteiger partial charge is 0.456 e. The third-order valence-electron chi connectivity index (χ3n) is 11.3. The first-order valence-electron chi connectivity index (χ1n) is 18.4. The molecule has 1 atom stereocenters. The van der Waals surface area contributed by atoms with Crippen molar-refractivity contribution in [2.75, 3.05) is 0 Å². The van der Waals surface area contributed by atoms with Gasteiger partial charge in [0.15, 0.2) is 17.5 Å². The van der Waals surface area contributed by atoms with Gasteiger partial charge in [-0.1, -0.05) is 127 Å². The van der Waals surface area contributed by atoms with Crippen molar-refractivity contribution in [3.05, 3.63) is 180 Å². The lowest BCUT2D eigenvalue weighted by Gasteiger charge is -2.26. The number of nitrogens with zero attached hydrogens (tertiary/aromatic N) is 3. The summed E-state index contributed by atoms with van der Waals surface area (Å²) in [7, 11) is 0. The van der Waals surface area contributed by atoms with Crippen LogP contribution in [0.25, 0.3) is 93.0 Å². The molecular formula is C49H29N3OS. The van der Waals surface area contributed by atoms with E-state index in [0.29, 0.717) is 17.5 Å². The molecule has 10 aromatic rings. The normalized spacial score (nSPS) is 14.5. The van der Waals surface area contributed by atoms with E-state index in [1.54, 1.807) is 0 Å².